The number of aliphatic hydroxyl groups is 1. The van der Waals surface area contributed by atoms with Crippen molar-refractivity contribution in [3.8, 4) is 0 Å². The molecule has 2 N–H and O–H groups in total. The van der Waals surface area contributed by atoms with Gasteiger partial charge in [0.1, 0.15) is 0 Å². The third-order valence-electron chi connectivity index (χ3n) is 3.20. The van der Waals surface area contributed by atoms with Gasteiger partial charge in [-0.3, -0.25) is 4.79 Å². The summed E-state index contributed by atoms with van der Waals surface area (Å²) in [6, 6.07) is 0. The molecule has 0 aliphatic rings. The van der Waals surface area contributed by atoms with Crippen molar-refractivity contribution in [3.05, 3.63) is 0 Å². The number of aliphatic hydroxyl groups excluding tert-OH is 1. The van der Waals surface area contributed by atoms with Gasteiger partial charge in [0.15, 0.2) is 0 Å². The maximum atomic E-state index is 11.6. The van der Waals surface area contributed by atoms with Crippen LogP contribution in [0.4, 0.5) is 0 Å². The van der Waals surface area contributed by atoms with Gasteiger partial charge in [-0.2, -0.15) is 0 Å². The molecule has 3 nitrogen and oxygen atoms in total. The quantitative estimate of drug-likeness (QED) is 0.722. The predicted octanol–water partition coefficient (Wildman–Crippen LogP) is 2.73. The van der Waals surface area contributed by atoms with Gasteiger partial charge in [0.05, 0.1) is 6.10 Å². The summed E-state index contributed by atoms with van der Waals surface area (Å²) < 4.78 is 0. The molecule has 0 aromatic rings. The molecule has 0 radical (unpaired) electrons. The molecule has 102 valence electrons. The number of nitrogens with one attached hydrogen (secondary N) is 1. The molecule has 3 heteroatoms. The van der Waals surface area contributed by atoms with E-state index in [1.165, 1.54) is 0 Å². The number of hydrogen-bond acceptors (Lipinski definition) is 2. The van der Waals surface area contributed by atoms with Crippen LogP contribution < -0.4 is 5.32 Å². The van der Waals surface area contributed by atoms with Gasteiger partial charge >= 0.3 is 0 Å². The van der Waals surface area contributed by atoms with E-state index in [1.807, 2.05) is 0 Å². The van der Waals surface area contributed by atoms with Gasteiger partial charge in [-0.15, -0.1) is 0 Å². The first kappa shape index (κ1) is 16.4. The lowest BCUT2D eigenvalue weighted by Crippen LogP contribution is -2.36. The second kappa shape index (κ2) is 7.70. The Morgan fingerprint density at radius 1 is 1.24 bits per heavy atom. The van der Waals surface area contributed by atoms with Crippen molar-refractivity contribution in [1.82, 2.24) is 5.32 Å². The lowest BCUT2D eigenvalue weighted by atomic mass is 9.90. The molecular formula is C14H29NO2. The number of carbonyl (C=O) groups excluding carboxylic acids is 1. The Balaban J connectivity index is 3.84. The molecule has 0 aromatic carbocycles. The first-order valence-electron chi connectivity index (χ1n) is 6.75. The summed E-state index contributed by atoms with van der Waals surface area (Å²) in [4.78, 5) is 11.6. The van der Waals surface area contributed by atoms with Crippen molar-refractivity contribution in [1.29, 1.82) is 0 Å². The van der Waals surface area contributed by atoms with E-state index in [0.717, 1.165) is 19.3 Å². The first-order chi connectivity index (χ1) is 7.80. The van der Waals surface area contributed by atoms with Crippen LogP contribution in [-0.4, -0.2) is 23.7 Å². The fraction of sp³-hybridized carbons (Fsp3) is 0.929. The summed E-state index contributed by atoms with van der Waals surface area (Å²) in [5, 5.41) is 12.7. The van der Waals surface area contributed by atoms with Crippen LogP contribution in [0.5, 0.6) is 0 Å². The monoisotopic (exact) mass is 243 g/mol. The zero-order valence-corrected chi connectivity index (χ0v) is 12.0. The summed E-state index contributed by atoms with van der Waals surface area (Å²) in [5.41, 5.74) is 0.186. The highest BCUT2D eigenvalue weighted by atomic mass is 16.3. The number of carbonyl (C=O) groups is 1. The maximum Gasteiger partial charge on any atom is 0.220 e. The summed E-state index contributed by atoms with van der Waals surface area (Å²) >= 11 is 0. The van der Waals surface area contributed by atoms with Crippen molar-refractivity contribution >= 4 is 5.91 Å². The smallest absolute Gasteiger partial charge is 0.220 e. The van der Waals surface area contributed by atoms with Crippen molar-refractivity contribution in [2.24, 2.45) is 11.3 Å². The molecule has 1 amide bonds. The van der Waals surface area contributed by atoms with Gasteiger partial charge in [0.25, 0.3) is 0 Å². The molecule has 0 saturated heterocycles. The average molecular weight is 243 g/mol. The fourth-order valence-electron chi connectivity index (χ4n) is 1.79. The van der Waals surface area contributed by atoms with Gasteiger partial charge in [-0.25, -0.2) is 0 Å². The predicted molar refractivity (Wildman–Crippen MR) is 71.8 cm³/mol. The summed E-state index contributed by atoms with van der Waals surface area (Å²) in [5.74, 6) is 0.336. The van der Waals surface area contributed by atoms with Crippen LogP contribution in [0, 0.1) is 11.3 Å². The Morgan fingerprint density at radius 2 is 1.76 bits per heavy atom. The maximum absolute atomic E-state index is 11.6. The van der Waals surface area contributed by atoms with E-state index in [4.69, 9.17) is 0 Å². The minimum Gasteiger partial charge on any atom is -0.391 e. The molecule has 0 aromatic heterocycles. The molecule has 0 aliphatic carbocycles. The Hall–Kier alpha value is -0.570. The second-order valence-corrected chi connectivity index (χ2v) is 6.01. The van der Waals surface area contributed by atoms with E-state index in [9.17, 15) is 9.90 Å². The number of rotatable bonds is 7. The average Bonchev–Trinajstić information content (AvgIpc) is 2.24. The lowest BCUT2D eigenvalue weighted by molar-refractivity contribution is -0.122. The fourth-order valence-corrected chi connectivity index (χ4v) is 1.79. The highest BCUT2D eigenvalue weighted by Gasteiger charge is 2.17. The zero-order chi connectivity index (χ0) is 13.5. The van der Waals surface area contributed by atoms with Crippen LogP contribution in [-0.2, 0) is 4.79 Å². The van der Waals surface area contributed by atoms with Crippen LogP contribution in [0.25, 0.3) is 0 Å². The molecule has 17 heavy (non-hydrogen) atoms. The third kappa shape index (κ3) is 8.19. The highest BCUT2D eigenvalue weighted by Crippen LogP contribution is 2.20. The molecule has 1 atom stereocenters. The minimum absolute atomic E-state index is 0.0462. The molecule has 0 heterocycles. The number of hydrogen-bond donors (Lipinski definition) is 2. The molecule has 1 unspecified atom stereocenters. The Bertz CT molecular complexity index is 217. The molecule has 0 saturated carbocycles. The van der Waals surface area contributed by atoms with E-state index in [-0.39, 0.29) is 17.2 Å². The van der Waals surface area contributed by atoms with Gasteiger partial charge in [0.2, 0.25) is 5.91 Å². The van der Waals surface area contributed by atoms with Crippen molar-refractivity contribution < 1.29 is 9.90 Å². The van der Waals surface area contributed by atoms with Crippen LogP contribution >= 0.6 is 0 Å². The Kier molecular flexibility index (Phi) is 7.44. The van der Waals surface area contributed by atoms with E-state index in [0.29, 0.717) is 13.0 Å². The van der Waals surface area contributed by atoms with E-state index >= 15 is 0 Å². The Labute approximate surface area is 106 Å². The van der Waals surface area contributed by atoms with Crippen LogP contribution in [0.15, 0.2) is 0 Å². The minimum atomic E-state index is -0.413. The van der Waals surface area contributed by atoms with E-state index in [1.54, 1.807) is 0 Å². The molecule has 0 bridgehead atoms. The molecule has 0 rings (SSSR count). The first-order valence-corrected chi connectivity index (χ1v) is 6.75. The summed E-state index contributed by atoms with van der Waals surface area (Å²) in [7, 11) is 0. The van der Waals surface area contributed by atoms with Crippen LogP contribution in [0.3, 0.4) is 0 Å². The van der Waals surface area contributed by atoms with Crippen molar-refractivity contribution in [2.75, 3.05) is 6.54 Å². The number of amides is 1. The highest BCUT2D eigenvalue weighted by molar-refractivity contribution is 5.75. The largest absolute Gasteiger partial charge is 0.391 e. The SMILES string of the molecule is CCC(CC)C(O)CNC(=O)CCC(C)(C)C. The van der Waals surface area contributed by atoms with Crippen LogP contribution in [0.2, 0.25) is 0 Å². The molecular weight excluding hydrogens is 214 g/mol. The standard InChI is InChI=1S/C14H29NO2/c1-6-11(7-2)12(16)10-15-13(17)8-9-14(3,4)5/h11-12,16H,6-10H2,1-5H3,(H,15,17). The van der Waals surface area contributed by atoms with Gasteiger partial charge in [-0.1, -0.05) is 47.5 Å². The van der Waals surface area contributed by atoms with Crippen molar-refractivity contribution in [2.45, 2.75) is 66.4 Å². The van der Waals surface area contributed by atoms with Gasteiger partial charge in [0, 0.05) is 13.0 Å². The second-order valence-electron chi connectivity index (χ2n) is 6.01. The topological polar surface area (TPSA) is 49.3 Å². The third-order valence-corrected chi connectivity index (χ3v) is 3.20. The lowest BCUT2D eigenvalue weighted by Gasteiger charge is -2.21. The summed E-state index contributed by atoms with van der Waals surface area (Å²) in [6.07, 6.45) is 2.91. The van der Waals surface area contributed by atoms with E-state index < -0.39 is 6.10 Å². The van der Waals surface area contributed by atoms with Gasteiger partial charge < -0.3 is 10.4 Å². The summed E-state index contributed by atoms with van der Waals surface area (Å²) in [6.45, 7) is 10.9. The Morgan fingerprint density at radius 3 is 2.18 bits per heavy atom. The van der Waals surface area contributed by atoms with Crippen molar-refractivity contribution in [3.63, 3.8) is 0 Å². The normalized spacial score (nSPS) is 13.8. The van der Waals surface area contributed by atoms with Gasteiger partial charge in [-0.05, 0) is 17.8 Å². The molecule has 0 spiro atoms. The molecule has 0 aliphatic heterocycles. The zero-order valence-electron chi connectivity index (χ0n) is 12.0. The van der Waals surface area contributed by atoms with E-state index in [2.05, 4.69) is 39.9 Å². The van der Waals surface area contributed by atoms with Crippen LogP contribution in [0.1, 0.15) is 60.3 Å². The molecule has 0 fully saturated rings.